The van der Waals surface area contributed by atoms with Gasteiger partial charge in [0.15, 0.2) is 0 Å². The van der Waals surface area contributed by atoms with Crippen molar-refractivity contribution in [2.24, 2.45) is 0 Å². The van der Waals surface area contributed by atoms with Crippen LogP contribution in [-0.2, 0) is 0 Å². The van der Waals surface area contributed by atoms with Crippen LogP contribution in [0, 0.1) is 10.1 Å². The zero-order valence-corrected chi connectivity index (χ0v) is 15.9. The standard InChI is InChI=1S/C19H13ClN2O5S/c20-8-10-9-21(18(23)15-5-6-16(28-15)19(24)25)14-7-13(22(26)27)11-3-1-2-4-12(11)17(10)14/h1-7,10H,8-9H2,(H,24,25). The van der Waals surface area contributed by atoms with Gasteiger partial charge in [0.1, 0.15) is 4.88 Å². The molecule has 1 aliphatic rings. The van der Waals surface area contributed by atoms with E-state index < -0.39 is 16.8 Å². The number of hydrogen-bond acceptors (Lipinski definition) is 5. The van der Waals surface area contributed by atoms with Gasteiger partial charge in [-0.25, -0.2) is 4.79 Å². The third-order valence-corrected chi connectivity index (χ3v) is 6.23. The van der Waals surface area contributed by atoms with E-state index in [9.17, 15) is 19.7 Å². The predicted molar refractivity (Wildman–Crippen MR) is 107 cm³/mol. The van der Waals surface area contributed by atoms with Gasteiger partial charge in [-0.3, -0.25) is 14.9 Å². The average molecular weight is 417 g/mol. The highest BCUT2D eigenvalue weighted by Gasteiger charge is 2.36. The third kappa shape index (κ3) is 2.81. The van der Waals surface area contributed by atoms with Crippen LogP contribution in [0.4, 0.5) is 11.4 Å². The quantitative estimate of drug-likeness (QED) is 0.383. The first-order chi connectivity index (χ1) is 13.4. The van der Waals surface area contributed by atoms with E-state index in [1.165, 1.54) is 23.1 Å². The van der Waals surface area contributed by atoms with Crippen LogP contribution < -0.4 is 4.90 Å². The van der Waals surface area contributed by atoms with E-state index in [4.69, 9.17) is 16.7 Å². The molecule has 1 N–H and O–H groups in total. The first-order valence-corrected chi connectivity index (χ1v) is 9.68. The first-order valence-electron chi connectivity index (χ1n) is 8.33. The van der Waals surface area contributed by atoms with Crippen LogP contribution in [-0.4, -0.2) is 34.3 Å². The summed E-state index contributed by atoms with van der Waals surface area (Å²) < 4.78 is 0. The Kier molecular flexibility index (Phi) is 4.52. The van der Waals surface area contributed by atoms with Crippen LogP contribution in [0.2, 0.25) is 0 Å². The highest BCUT2D eigenvalue weighted by atomic mass is 35.5. The lowest BCUT2D eigenvalue weighted by atomic mass is 9.95. The number of nitrogens with zero attached hydrogens (tertiary/aromatic N) is 2. The number of carboxylic acids is 1. The van der Waals surface area contributed by atoms with Crippen molar-refractivity contribution in [3.8, 4) is 0 Å². The molecule has 4 rings (SSSR count). The fourth-order valence-electron chi connectivity index (χ4n) is 3.60. The van der Waals surface area contributed by atoms with E-state index in [0.29, 0.717) is 16.5 Å². The van der Waals surface area contributed by atoms with Gasteiger partial charge in [-0.2, -0.15) is 0 Å². The van der Waals surface area contributed by atoms with Crippen LogP contribution in [0.3, 0.4) is 0 Å². The zero-order valence-electron chi connectivity index (χ0n) is 14.3. The Morgan fingerprint density at radius 2 is 1.89 bits per heavy atom. The number of non-ortho nitro benzene ring substituents is 1. The Balaban J connectivity index is 1.89. The number of alkyl halides is 1. The summed E-state index contributed by atoms with van der Waals surface area (Å²) in [6.45, 7) is 0.281. The number of fused-ring (bicyclic) bond motifs is 3. The molecule has 0 saturated heterocycles. The molecule has 142 valence electrons. The van der Waals surface area contributed by atoms with Crippen molar-refractivity contribution in [1.29, 1.82) is 0 Å². The molecule has 0 radical (unpaired) electrons. The fourth-order valence-corrected chi connectivity index (χ4v) is 4.64. The van der Waals surface area contributed by atoms with Gasteiger partial charge in [-0.15, -0.1) is 22.9 Å². The van der Waals surface area contributed by atoms with E-state index in [1.54, 1.807) is 24.3 Å². The van der Waals surface area contributed by atoms with Gasteiger partial charge in [-0.1, -0.05) is 18.2 Å². The summed E-state index contributed by atoms with van der Waals surface area (Å²) in [7, 11) is 0. The van der Waals surface area contributed by atoms with E-state index >= 15 is 0 Å². The number of anilines is 1. The fraction of sp³-hybridized carbons (Fsp3) is 0.158. The van der Waals surface area contributed by atoms with Crippen LogP contribution in [0.1, 0.15) is 30.8 Å². The van der Waals surface area contributed by atoms with Crippen molar-refractivity contribution < 1.29 is 19.6 Å². The maximum atomic E-state index is 13.1. The van der Waals surface area contributed by atoms with Gasteiger partial charge in [0, 0.05) is 24.4 Å². The molecule has 0 spiro atoms. The molecule has 0 saturated carbocycles. The van der Waals surface area contributed by atoms with Crippen molar-refractivity contribution in [3.05, 3.63) is 67.9 Å². The molecule has 1 aliphatic heterocycles. The Hall–Kier alpha value is -2.97. The molecule has 0 fully saturated rings. The monoisotopic (exact) mass is 416 g/mol. The van der Waals surface area contributed by atoms with E-state index in [0.717, 1.165) is 16.9 Å². The lowest BCUT2D eigenvalue weighted by Crippen LogP contribution is -2.29. The topological polar surface area (TPSA) is 101 Å². The second-order valence-electron chi connectivity index (χ2n) is 6.37. The summed E-state index contributed by atoms with van der Waals surface area (Å²) in [6.07, 6.45) is 0. The maximum Gasteiger partial charge on any atom is 0.345 e. The lowest BCUT2D eigenvalue weighted by molar-refractivity contribution is -0.383. The van der Waals surface area contributed by atoms with Gasteiger partial charge in [0.25, 0.3) is 11.6 Å². The average Bonchev–Trinajstić information content (AvgIpc) is 3.32. The largest absolute Gasteiger partial charge is 0.477 e. The van der Waals surface area contributed by atoms with Gasteiger partial charge >= 0.3 is 5.97 Å². The smallest absolute Gasteiger partial charge is 0.345 e. The van der Waals surface area contributed by atoms with Crippen molar-refractivity contribution in [2.75, 3.05) is 17.3 Å². The molecule has 28 heavy (non-hydrogen) atoms. The minimum atomic E-state index is -1.11. The second kappa shape index (κ2) is 6.88. The molecule has 3 aromatic rings. The molecule has 2 heterocycles. The number of halogens is 1. The normalized spacial score (nSPS) is 15.6. The summed E-state index contributed by atoms with van der Waals surface area (Å²) >= 11 is 7.03. The zero-order chi connectivity index (χ0) is 20.0. The Labute approximate surface area is 167 Å². The molecular formula is C19H13ClN2O5S. The SMILES string of the molecule is O=C(O)c1ccc(C(=O)N2CC(CCl)c3c2cc([N+](=O)[O-])c2ccccc32)s1. The number of carboxylic acid groups (broad SMARTS) is 1. The van der Waals surface area contributed by atoms with Crippen molar-refractivity contribution >= 4 is 57.0 Å². The first kappa shape index (κ1) is 18.4. The number of carbonyl (C=O) groups is 2. The number of rotatable bonds is 4. The molecule has 2 aromatic carbocycles. The Morgan fingerprint density at radius 1 is 1.21 bits per heavy atom. The summed E-state index contributed by atoms with van der Waals surface area (Å²) in [5.74, 6) is -1.42. The molecule has 0 bridgehead atoms. The summed E-state index contributed by atoms with van der Waals surface area (Å²) in [5, 5.41) is 21.9. The number of nitro groups is 1. The lowest BCUT2D eigenvalue weighted by Gasteiger charge is -2.17. The minimum Gasteiger partial charge on any atom is -0.477 e. The van der Waals surface area contributed by atoms with Gasteiger partial charge < -0.3 is 10.0 Å². The van der Waals surface area contributed by atoms with Gasteiger partial charge in [-0.05, 0) is 29.1 Å². The van der Waals surface area contributed by atoms with Gasteiger partial charge in [0.2, 0.25) is 0 Å². The molecule has 9 heteroatoms. The number of amides is 1. The number of thiophene rings is 1. The summed E-state index contributed by atoms with van der Waals surface area (Å²) in [5.41, 5.74) is 1.17. The van der Waals surface area contributed by atoms with Crippen LogP contribution >= 0.6 is 22.9 Å². The third-order valence-electron chi connectivity index (χ3n) is 4.80. The van der Waals surface area contributed by atoms with E-state index in [1.807, 2.05) is 0 Å². The Bertz CT molecular complexity index is 1140. The number of aromatic carboxylic acids is 1. The highest BCUT2D eigenvalue weighted by Crippen LogP contribution is 2.46. The Morgan fingerprint density at radius 3 is 2.50 bits per heavy atom. The highest BCUT2D eigenvalue weighted by molar-refractivity contribution is 7.16. The van der Waals surface area contributed by atoms with Crippen LogP contribution in [0.5, 0.6) is 0 Å². The van der Waals surface area contributed by atoms with Crippen molar-refractivity contribution in [2.45, 2.75) is 5.92 Å². The van der Waals surface area contributed by atoms with E-state index in [-0.39, 0.29) is 33.8 Å². The summed E-state index contributed by atoms with van der Waals surface area (Å²) in [6, 6.07) is 11.2. The second-order valence-corrected chi connectivity index (χ2v) is 7.76. The molecule has 1 aromatic heterocycles. The number of nitro benzene ring substituents is 1. The number of benzene rings is 2. The van der Waals surface area contributed by atoms with Gasteiger partial charge in [0.05, 0.1) is 20.9 Å². The van der Waals surface area contributed by atoms with Crippen LogP contribution in [0.25, 0.3) is 10.8 Å². The number of carbonyl (C=O) groups excluding carboxylic acids is 1. The van der Waals surface area contributed by atoms with Crippen molar-refractivity contribution in [3.63, 3.8) is 0 Å². The summed E-state index contributed by atoms with van der Waals surface area (Å²) in [4.78, 5) is 37.1. The predicted octanol–water partition coefficient (Wildman–Crippen LogP) is 4.49. The molecule has 7 nitrogen and oxygen atoms in total. The molecule has 1 atom stereocenters. The molecule has 1 unspecified atom stereocenters. The van der Waals surface area contributed by atoms with Crippen LogP contribution in [0.15, 0.2) is 42.5 Å². The van der Waals surface area contributed by atoms with E-state index in [2.05, 4.69) is 0 Å². The maximum absolute atomic E-state index is 13.1. The molecular weight excluding hydrogens is 404 g/mol. The molecule has 1 amide bonds. The number of hydrogen-bond donors (Lipinski definition) is 1. The van der Waals surface area contributed by atoms with Crippen molar-refractivity contribution in [1.82, 2.24) is 0 Å². The minimum absolute atomic E-state index is 0.0566. The molecule has 0 aliphatic carbocycles.